The average molecular weight is 198 g/mol. The number of hydrogen-bond acceptors (Lipinski definition) is 3. The summed E-state index contributed by atoms with van der Waals surface area (Å²) in [4.78, 5) is 2.26. The van der Waals surface area contributed by atoms with Crippen molar-refractivity contribution in [3.8, 4) is 0 Å². The number of nitrogens with zero attached hydrogens (tertiary/aromatic N) is 1. The summed E-state index contributed by atoms with van der Waals surface area (Å²) in [5.74, 6) is 0. The monoisotopic (exact) mass is 198 g/mol. The van der Waals surface area contributed by atoms with E-state index in [0.29, 0.717) is 6.04 Å². The molecular formula is C11H22N2O. The minimum atomic E-state index is -0.124. The molecule has 0 radical (unpaired) electrons. The van der Waals surface area contributed by atoms with Crippen LogP contribution in [-0.4, -0.2) is 48.3 Å². The van der Waals surface area contributed by atoms with Crippen molar-refractivity contribution in [2.75, 3.05) is 26.2 Å². The zero-order valence-corrected chi connectivity index (χ0v) is 9.29. The van der Waals surface area contributed by atoms with Crippen molar-refractivity contribution in [3.05, 3.63) is 12.2 Å². The van der Waals surface area contributed by atoms with E-state index < -0.39 is 0 Å². The van der Waals surface area contributed by atoms with E-state index in [1.54, 1.807) is 0 Å². The number of nitrogens with one attached hydrogen (secondary N) is 1. The van der Waals surface area contributed by atoms with Gasteiger partial charge in [-0.1, -0.05) is 20.4 Å². The lowest BCUT2D eigenvalue weighted by Crippen LogP contribution is -2.30. The lowest BCUT2D eigenvalue weighted by atomic mass is 10.2. The largest absolute Gasteiger partial charge is 0.392 e. The maximum Gasteiger partial charge on any atom is 0.0679 e. The summed E-state index contributed by atoms with van der Waals surface area (Å²) in [5.41, 5.74) is 1.20. The van der Waals surface area contributed by atoms with Crippen LogP contribution in [0.4, 0.5) is 0 Å². The van der Waals surface area contributed by atoms with E-state index in [2.05, 4.69) is 30.6 Å². The number of aliphatic hydroxyl groups is 1. The molecule has 0 spiro atoms. The first-order chi connectivity index (χ1) is 6.58. The molecule has 82 valence electrons. The van der Waals surface area contributed by atoms with Gasteiger partial charge in [-0.3, -0.25) is 4.90 Å². The number of rotatable bonds is 5. The second kappa shape index (κ2) is 5.49. The summed E-state index contributed by atoms with van der Waals surface area (Å²) in [5, 5.41) is 12.7. The van der Waals surface area contributed by atoms with Gasteiger partial charge in [0.2, 0.25) is 0 Å². The van der Waals surface area contributed by atoms with Crippen LogP contribution < -0.4 is 5.32 Å². The van der Waals surface area contributed by atoms with Crippen molar-refractivity contribution in [1.29, 1.82) is 0 Å². The Morgan fingerprint density at radius 3 is 2.86 bits per heavy atom. The molecule has 1 aliphatic rings. The van der Waals surface area contributed by atoms with E-state index in [9.17, 15) is 5.11 Å². The molecule has 1 aliphatic heterocycles. The highest BCUT2D eigenvalue weighted by atomic mass is 16.3. The van der Waals surface area contributed by atoms with Crippen LogP contribution in [0.5, 0.6) is 0 Å². The molecule has 1 heterocycles. The lowest BCUT2D eigenvalue weighted by molar-refractivity contribution is 0.179. The summed E-state index contributed by atoms with van der Waals surface area (Å²) >= 11 is 0. The third-order valence-electron chi connectivity index (χ3n) is 2.46. The predicted molar refractivity (Wildman–Crippen MR) is 59.3 cm³/mol. The molecule has 0 aliphatic carbocycles. The smallest absolute Gasteiger partial charge is 0.0679 e. The van der Waals surface area contributed by atoms with Gasteiger partial charge in [-0.15, -0.1) is 0 Å². The van der Waals surface area contributed by atoms with Crippen LogP contribution in [0, 0.1) is 0 Å². The van der Waals surface area contributed by atoms with Gasteiger partial charge >= 0.3 is 0 Å². The van der Waals surface area contributed by atoms with Crippen LogP contribution in [-0.2, 0) is 0 Å². The van der Waals surface area contributed by atoms with Crippen LogP contribution in [0.3, 0.4) is 0 Å². The summed E-state index contributed by atoms with van der Waals surface area (Å²) in [6.07, 6.45) is 0.783. The third-order valence-corrected chi connectivity index (χ3v) is 2.46. The Kier molecular flexibility index (Phi) is 4.58. The van der Waals surface area contributed by atoms with Crippen molar-refractivity contribution < 1.29 is 5.11 Å². The van der Waals surface area contributed by atoms with Gasteiger partial charge in [0.05, 0.1) is 6.10 Å². The van der Waals surface area contributed by atoms with E-state index in [0.717, 1.165) is 32.6 Å². The molecule has 1 rings (SSSR count). The van der Waals surface area contributed by atoms with E-state index in [4.69, 9.17) is 0 Å². The molecule has 1 unspecified atom stereocenters. The molecule has 0 aromatic rings. The Labute approximate surface area is 86.8 Å². The molecule has 3 heteroatoms. The van der Waals surface area contributed by atoms with Gasteiger partial charge in [-0.25, -0.2) is 0 Å². The molecule has 0 aromatic heterocycles. The van der Waals surface area contributed by atoms with E-state index in [1.807, 2.05) is 0 Å². The highest BCUT2D eigenvalue weighted by Gasteiger charge is 2.19. The highest BCUT2D eigenvalue weighted by molar-refractivity contribution is 5.01. The van der Waals surface area contributed by atoms with E-state index >= 15 is 0 Å². The van der Waals surface area contributed by atoms with Crippen molar-refractivity contribution in [2.24, 2.45) is 0 Å². The second-order valence-electron chi connectivity index (χ2n) is 4.46. The number of likely N-dealkylation sites (tertiary alicyclic amines) is 1. The molecular weight excluding hydrogens is 176 g/mol. The average Bonchev–Trinajstić information content (AvgIpc) is 2.48. The Morgan fingerprint density at radius 1 is 1.64 bits per heavy atom. The van der Waals surface area contributed by atoms with Crippen LogP contribution in [0.1, 0.15) is 20.3 Å². The van der Waals surface area contributed by atoms with Crippen molar-refractivity contribution in [2.45, 2.75) is 32.4 Å². The van der Waals surface area contributed by atoms with Crippen LogP contribution in [0.2, 0.25) is 0 Å². The molecule has 14 heavy (non-hydrogen) atoms. The number of aliphatic hydroxyl groups excluding tert-OH is 1. The van der Waals surface area contributed by atoms with Crippen LogP contribution in [0.25, 0.3) is 0 Å². The van der Waals surface area contributed by atoms with Gasteiger partial charge in [-0.05, 0) is 12.0 Å². The fourth-order valence-corrected chi connectivity index (χ4v) is 1.68. The molecule has 0 amide bonds. The van der Waals surface area contributed by atoms with Gasteiger partial charge in [0, 0.05) is 32.2 Å². The standard InChI is InChI=1S/C11H22N2O/c1-9(2)12-6-10(3)7-13-5-4-11(14)8-13/h9,11-12,14H,3-8H2,1-2H3. The minimum absolute atomic E-state index is 0.124. The third kappa shape index (κ3) is 4.22. The van der Waals surface area contributed by atoms with Crippen molar-refractivity contribution >= 4 is 0 Å². The molecule has 1 atom stereocenters. The summed E-state index contributed by atoms with van der Waals surface area (Å²) in [6.45, 7) is 11.9. The molecule has 3 nitrogen and oxygen atoms in total. The fourth-order valence-electron chi connectivity index (χ4n) is 1.68. The SMILES string of the molecule is C=C(CNC(C)C)CN1CCC(O)C1. The normalized spacial score (nSPS) is 23.3. The minimum Gasteiger partial charge on any atom is -0.392 e. The Balaban J connectivity index is 2.14. The van der Waals surface area contributed by atoms with Crippen molar-refractivity contribution in [1.82, 2.24) is 10.2 Å². The van der Waals surface area contributed by atoms with E-state index in [-0.39, 0.29) is 6.10 Å². The first-order valence-corrected chi connectivity index (χ1v) is 5.38. The van der Waals surface area contributed by atoms with Gasteiger partial charge in [0.25, 0.3) is 0 Å². The molecule has 2 N–H and O–H groups in total. The van der Waals surface area contributed by atoms with E-state index in [1.165, 1.54) is 5.57 Å². The maximum atomic E-state index is 9.34. The second-order valence-corrected chi connectivity index (χ2v) is 4.46. The maximum absolute atomic E-state index is 9.34. The first kappa shape index (κ1) is 11.7. The van der Waals surface area contributed by atoms with Crippen molar-refractivity contribution in [3.63, 3.8) is 0 Å². The summed E-state index contributed by atoms with van der Waals surface area (Å²) in [6, 6.07) is 0.510. The molecule has 1 fully saturated rings. The van der Waals surface area contributed by atoms with Crippen LogP contribution >= 0.6 is 0 Å². The zero-order chi connectivity index (χ0) is 10.6. The van der Waals surface area contributed by atoms with Gasteiger partial charge in [0.15, 0.2) is 0 Å². The number of β-amino-alcohol motifs (C(OH)–C–C–N with tert-alkyl or cyclic N) is 1. The van der Waals surface area contributed by atoms with Crippen LogP contribution in [0.15, 0.2) is 12.2 Å². The number of hydrogen-bond donors (Lipinski definition) is 2. The van der Waals surface area contributed by atoms with Gasteiger partial charge in [0.1, 0.15) is 0 Å². The molecule has 1 saturated heterocycles. The Morgan fingerprint density at radius 2 is 2.36 bits per heavy atom. The highest BCUT2D eigenvalue weighted by Crippen LogP contribution is 2.09. The lowest BCUT2D eigenvalue weighted by Gasteiger charge is -2.17. The zero-order valence-electron chi connectivity index (χ0n) is 9.29. The van der Waals surface area contributed by atoms with Gasteiger partial charge in [-0.2, -0.15) is 0 Å². The predicted octanol–water partition coefficient (Wildman–Crippen LogP) is 0.607. The Bertz CT molecular complexity index is 192. The molecule has 0 saturated carbocycles. The fraction of sp³-hybridized carbons (Fsp3) is 0.818. The molecule has 0 bridgehead atoms. The molecule has 0 aromatic carbocycles. The van der Waals surface area contributed by atoms with Gasteiger partial charge < -0.3 is 10.4 Å². The topological polar surface area (TPSA) is 35.5 Å². The summed E-state index contributed by atoms with van der Waals surface area (Å²) in [7, 11) is 0. The quantitative estimate of drug-likeness (QED) is 0.635. The first-order valence-electron chi connectivity index (χ1n) is 5.38. The summed E-state index contributed by atoms with van der Waals surface area (Å²) < 4.78 is 0. The Hall–Kier alpha value is -0.380.